The molecular formula is C9H16NO2-. The predicted molar refractivity (Wildman–Crippen MR) is 46.3 cm³/mol. The van der Waals surface area contributed by atoms with Gasteiger partial charge in [0.2, 0.25) is 0 Å². The van der Waals surface area contributed by atoms with Crippen molar-refractivity contribution in [2.45, 2.75) is 19.3 Å². The summed E-state index contributed by atoms with van der Waals surface area (Å²) in [7, 11) is 5.29. The van der Waals surface area contributed by atoms with Crippen LogP contribution in [0.15, 0.2) is 0 Å². The largest absolute Gasteiger partial charge is 0.469 e. The van der Waals surface area contributed by atoms with Gasteiger partial charge in [0.15, 0.2) is 0 Å². The molecule has 0 spiro atoms. The summed E-state index contributed by atoms with van der Waals surface area (Å²) < 4.78 is 4.61. The zero-order chi connectivity index (χ0) is 8.97. The number of ether oxygens (including phenoxy) is 1. The highest BCUT2D eigenvalue weighted by molar-refractivity contribution is 5.69. The summed E-state index contributed by atoms with van der Waals surface area (Å²) in [5.41, 5.74) is 0. The van der Waals surface area contributed by atoms with Gasteiger partial charge in [-0.2, -0.15) is 0 Å². The number of hydrogen-bond acceptors (Lipinski definition) is 3. The summed E-state index contributed by atoms with van der Waals surface area (Å²) in [6.45, 7) is 2.00. The highest BCUT2D eigenvalue weighted by Gasteiger charge is 2.17. The summed E-state index contributed by atoms with van der Waals surface area (Å²) in [5.74, 6) is 0.424. The van der Waals surface area contributed by atoms with Gasteiger partial charge in [-0.05, 0) is 31.8 Å². The van der Waals surface area contributed by atoms with Gasteiger partial charge in [-0.15, -0.1) is 0 Å². The zero-order valence-electron chi connectivity index (χ0n) is 7.58. The third-order valence-corrected chi connectivity index (χ3v) is 2.39. The third kappa shape index (κ3) is 2.81. The molecule has 1 saturated heterocycles. The number of esters is 1. The maximum absolute atomic E-state index is 10.9. The molecule has 3 nitrogen and oxygen atoms in total. The zero-order valence-corrected chi connectivity index (χ0v) is 7.58. The highest BCUT2D eigenvalue weighted by Crippen LogP contribution is 2.19. The Morgan fingerprint density at radius 1 is 1.58 bits per heavy atom. The maximum atomic E-state index is 10.9. The lowest BCUT2D eigenvalue weighted by Crippen LogP contribution is -2.29. The molecule has 0 aromatic rings. The first kappa shape index (κ1) is 9.52. The first-order valence-corrected chi connectivity index (χ1v) is 4.34. The van der Waals surface area contributed by atoms with Crippen LogP contribution in [-0.2, 0) is 9.53 Å². The molecule has 0 bridgehead atoms. The Morgan fingerprint density at radius 3 is 2.67 bits per heavy atom. The van der Waals surface area contributed by atoms with Crippen LogP contribution >= 0.6 is 0 Å². The van der Waals surface area contributed by atoms with Crippen LogP contribution in [0, 0.1) is 13.0 Å². The Bertz CT molecular complexity index is 151. The van der Waals surface area contributed by atoms with Crippen molar-refractivity contribution < 1.29 is 9.53 Å². The van der Waals surface area contributed by atoms with E-state index in [1.807, 2.05) is 4.90 Å². The van der Waals surface area contributed by atoms with Crippen LogP contribution in [0.4, 0.5) is 0 Å². The summed E-state index contributed by atoms with van der Waals surface area (Å²) >= 11 is 0. The van der Waals surface area contributed by atoms with E-state index in [-0.39, 0.29) is 5.97 Å². The summed E-state index contributed by atoms with van der Waals surface area (Å²) in [5, 5.41) is 0. The van der Waals surface area contributed by atoms with E-state index in [0.717, 1.165) is 25.9 Å². The van der Waals surface area contributed by atoms with Gasteiger partial charge < -0.3 is 9.64 Å². The summed E-state index contributed by atoms with van der Waals surface area (Å²) in [4.78, 5) is 13.0. The van der Waals surface area contributed by atoms with Gasteiger partial charge in [-0.3, -0.25) is 11.8 Å². The average Bonchev–Trinajstić information content (AvgIpc) is 2.09. The van der Waals surface area contributed by atoms with Crippen LogP contribution in [-0.4, -0.2) is 31.1 Å². The molecule has 0 unspecified atom stereocenters. The van der Waals surface area contributed by atoms with Gasteiger partial charge in [0.1, 0.15) is 0 Å². The van der Waals surface area contributed by atoms with Gasteiger partial charge in [-0.25, -0.2) is 0 Å². The van der Waals surface area contributed by atoms with E-state index in [4.69, 9.17) is 0 Å². The molecule has 0 aromatic heterocycles. The van der Waals surface area contributed by atoms with Gasteiger partial charge in [0.05, 0.1) is 7.11 Å². The predicted octanol–water partition coefficient (Wildman–Crippen LogP) is 1.05. The smallest absolute Gasteiger partial charge is 0.305 e. The van der Waals surface area contributed by atoms with E-state index < -0.39 is 0 Å². The number of likely N-dealkylation sites (tertiary alicyclic amines) is 1. The van der Waals surface area contributed by atoms with Crippen LogP contribution in [0.2, 0.25) is 0 Å². The van der Waals surface area contributed by atoms with Crippen molar-refractivity contribution in [3.8, 4) is 0 Å². The quantitative estimate of drug-likeness (QED) is 0.458. The lowest BCUT2D eigenvalue weighted by atomic mass is 9.94. The molecule has 0 aliphatic carbocycles. The minimum Gasteiger partial charge on any atom is -0.469 e. The van der Waals surface area contributed by atoms with Crippen LogP contribution in [0.5, 0.6) is 0 Å². The number of nitrogens with zero attached hydrogens (tertiary/aromatic N) is 1. The normalized spacial score (nSPS) is 20.8. The Morgan fingerprint density at radius 2 is 2.17 bits per heavy atom. The van der Waals surface area contributed by atoms with E-state index in [0.29, 0.717) is 12.3 Å². The van der Waals surface area contributed by atoms with Gasteiger partial charge in [0, 0.05) is 6.42 Å². The monoisotopic (exact) mass is 170 g/mol. The molecule has 0 amide bonds. The van der Waals surface area contributed by atoms with Crippen molar-refractivity contribution in [3.05, 3.63) is 7.05 Å². The van der Waals surface area contributed by atoms with Gasteiger partial charge in [0.25, 0.3) is 0 Å². The molecule has 1 rings (SSSR count). The molecule has 1 fully saturated rings. The molecule has 0 N–H and O–H groups in total. The van der Waals surface area contributed by atoms with Crippen molar-refractivity contribution in [3.63, 3.8) is 0 Å². The topological polar surface area (TPSA) is 29.5 Å². The number of rotatable bonds is 2. The fraction of sp³-hybridized carbons (Fsp3) is 0.778. The van der Waals surface area contributed by atoms with Crippen molar-refractivity contribution in [2.24, 2.45) is 5.92 Å². The fourth-order valence-corrected chi connectivity index (χ4v) is 1.51. The second-order valence-corrected chi connectivity index (χ2v) is 3.34. The first-order chi connectivity index (χ1) is 5.72. The molecule has 0 atom stereocenters. The second kappa shape index (κ2) is 4.45. The van der Waals surface area contributed by atoms with E-state index >= 15 is 0 Å². The molecule has 0 aromatic carbocycles. The summed E-state index contributed by atoms with van der Waals surface area (Å²) in [6.07, 6.45) is 2.71. The Hall–Kier alpha value is -0.570. The van der Waals surface area contributed by atoms with Crippen LogP contribution in [0.1, 0.15) is 19.3 Å². The van der Waals surface area contributed by atoms with E-state index in [9.17, 15) is 4.79 Å². The number of carbonyl (C=O) groups is 1. The summed E-state index contributed by atoms with van der Waals surface area (Å²) in [6, 6.07) is 0. The SMILES string of the molecule is [CH2-]N1CCC(CC(=O)OC)CC1. The molecule has 0 radical (unpaired) electrons. The van der Waals surface area contributed by atoms with E-state index in [2.05, 4.69) is 11.8 Å². The molecule has 1 heterocycles. The molecule has 1 aliphatic heterocycles. The Labute approximate surface area is 73.7 Å². The molecule has 12 heavy (non-hydrogen) atoms. The van der Waals surface area contributed by atoms with E-state index in [1.165, 1.54) is 7.11 Å². The lowest BCUT2D eigenvalue weighted by Gasteiger charge is -2.33. The number of methoxy groups -OCH3 is 1. The van der Waals surface area contributed by atoms with Crippen molar-refractivity contribution in [1.82, 2.24) is 4.90 Å². The highest BCUT2D eigenvalue weighted by atomic mass is 16.5. The first-order valence-electron chi connectivity index (χ1n) is 4.34. The standard InChI is InChI=1S/C9H16NO2/c1-10-5-3-8(4-6-10)7-9(11)12-2/h8H,1,3-7H2,2H3/q-1. The van der Waals surface area contributed by atoms with Crippen LogP contribution < -0.4 is 0 Å². The molecule has 0 saturated carbocycles. The van der Waals surface area contributed by atoms with Crippen LogP contribution in [0.3, 0.4) is 0 Å². The number of carbonyl (C=O) groups excluding carboxylic acids is 1. The van der Waals surface area contributed by atoms with E-state index in [1.54, 1.807) is 0 Å². The Kier molecular flexibility index (Phi) is 3.53. The van der Waals surface area contributed by atoms with Crippen molar-refractivity contribution in [2.75, 3.05) is 20.2 Å². The maximum Gasteiger partial charge on any atom is 0.305 e. The number of hydrogen-bond donors (Lipinski definition) is 0. The van der Waals surface area contributed by atoms with Gasteiger partial charge >= 0.3 is 5.97 Å². The Balaban J connectivity index is 2.21. The average molecular weight is 170 g/mol. The number of piperidine rings is 1. The molecular weight excluding hydrogens is 154 g/mol. The van der Waals surface area contributed by atoms with Crippen LogP contribution in [0.25, 0.3) is 0 Å². The van der Waals surface area contributed by atoms with Crippen molar-refractivity contribution >= 4 is 5.97 Å². The minimum atomic E-state index is -0.0856. The molecule has 3 heteroatoms. The fourth-order valence-electron chi connectivity index (χ4n) is 1.51. The molecule has 70 valence electrons. The third-order valence-electron chi connectivity index (χ3n) is 2.39. The van der Waals surface area contributed by atoms with Crippen molar-refractivity contribution in [1.29, 1.82) is 0 Å². The molecule has 1 aliphatic rings. The van der Waals surface area contributed by atoms with Gasteiger partial charge in [-0.1, -0.05) is 0 Å². The second-order valence-electron chi connectivity index (χ2n) is 3.34. The minimum absolute atomic E-state index is 0.0856. The lowest BCUT2D eigenvalue weighted by molar-refractivity contribution is -0.142.